The molecule has 0 amide bonds. The maximum Gasteiger partial charge on any atom is 0.357 e. The largest absolute Gasteiger partial charge is 0.357 e. The van der Waals surface area contributed by atoms with E-state index in [0.29, 0.717) is 10.7 Å². The van der Waals surface area contributed by atoms with Crippen molar-refractivity contribution in [1.29, 1.82) is 0 Å². The summed E-state index contributed by atoms with van der Waals surface area (Å²) >= 11 is 0. The average molecular weight is 303 g/mol. The van der Waals surface area contributed by atoms with E-state index in [9.17, 15) is 8.42 Å². The summed E-state index contributed by atoms with van der Waals surface area (Å²) < 4.78 is 30.9. The molecule has 0 radical (unpaired) electrons. The van der Waals surface area contributed by atoms with Gasteiger partial charge in [0.2, 0.25) is 0 Å². The zero-order chi connectivity index (χ0) is 15.8. The number of nitrogens with zero attached hydrogens (tertiary/aromatic N) is 1. The third-order valence-corrected chi connectivity index (χ3v) is 4.69. The van der Waals surface area contributed by atoms with Crippen LogP contribution in [0.25, 0.3) is 19.2 Å². The highest BCUT2D eigenvalue weighted by Crippen LogP contribution is 2.12. The first kappa shape index (κ1) is 15.1. The molecule has 1 aromatic carbocycles. The lowest BCUT2D eigenvalue weighted by Gasteiger charge is -2.08. The highest BCUT2D eigenvalue weighted by molar-refractivity contribution is 7.87. The molecule has 21 heavy (non-hydrogen) atoms. The second-order valence-corrected chi connectivity index (χ2v) is 6.27. The van der Waals surface area contributed by atoms with Crippen molar-refractivity contribution in [2.75, 3.05) is 0 Å². The van der Waals surface area contributed by atoms with E-state index in [0.717, 1.165) is 21.4 Å². The molecule has 0 unspecified atom stereocenters. The topological polar surface area (TPSA) is 48.3 Å². The van der Waals surface area contributed by atoms with Gasteiger partial charge in [-0.15, -0.1) is 0 Å². The minimum atomic E-state index is -3.94. The van der Waals surface area contributed by atoms with Crippen molar-refractivity contribution < 1.29 is 12.7 Å². The maximum absolute atomic E-state index is 12.3. The van der Waals surface area contributed by atoms with Gasteiger partial charge in [0.25, 0.3) is 0 Å². The summed E-state index contributed by atoms with van der Waals surface area (Å²) in [6.45, 7) is 15.0. The van der Waals surface area contributed by atoms with Crippen LogP contribution < -0.4 is 15.0 Å². The van der Waals surface area contributed by atoms with Gasteiger partial charge in [-0.05, 0) is 42.7 Å². The molecule has 0 aliphatic rings. The SMILES string of the molecule is C=Cc1ccc(S(=O)(=O)On2c(=C)c(C)c(C)c2=C)cc1. The van der Waals surface area contributed by atoms with Gasteiger partial charge in [0.15, 0.2) is 0 Å². The standard InChI is InChI=1S/C16H17NO3S/c1-6-15-7-9-16(10-8-15)21(18,19)20-17-13(4)11(2)12(3)14(17)5/h6-10H,1,4-5H2,2-3H3. The lowest BCUT2D eigenvalue weighted by molar-refractivity contribution is 0.264. The highest BCUT2D eigenvalue weighted by atomic mass is 32.2. The Morgan fingerprint density at radius 1 is 1.05 bits per heavy atom. The van der Waals surface area contributed by atoms with Gasteiger partial charge in [-0.1, -0.05) is 37.9 Å². The van der Waals surface area contributed by atoms with Crippen LogP contribution in [0.15, 0.2) is 35.7 Å². The normalized spacial score (nSPS) is 11.3. The molecule has 0 aliphatic heterocycles. The Kier molecular flexibility index (Phi) is 3.78. The number of rotatable bonds is 4. The first-order chi connectivity index (χ1) is 9.77. The van der Waals surface area contributed by atoms with E-state index >= 15 is 0 Å². The second kappa shape index (κ2) is 5.26. The minimum Gasteiger partial charge on any atom is -0.283 e. The fourth-order valence-electron chi connectivity index (χ4n) is 1.90. The lowest BCUT2D eigenvalue weighted by Crippen LogP contribution is -2.36. The zero-order valence-electron chi connectivity index (χ0n) is 12.1. The molecule has 1 aromatic heterocycles. The molecule has 110 valence electrons. The van der Waals surface area contributed by atoms with Crippen LogP contribution in [0.1, 0.15) is 16.7 Å². The van der Waals surface area contributed by atoms with E-state index in [2.05, 4.69) is 19.7 Å². The molecule has 0 atom stereocenters. The van der Waals surface area contributed by atoms with Crippen LogP contribution >= 0.6 is 0 Å². The Balaban J connectivity index is 2.47. The highest BCUT2D eigenvalue weighted by Gasteiger charge is 2.18. The summed E-state index contributed by atoms with van der Waals surface area (Å²) in [5.74, 6) is 0. The van der Waals surface area contributed by atoms with Crippen molar-refractivity contribution in [3.8, 4) is 0 Å². The van der Waals surface area contributed by atoms with E-state index in [1.807, 2.05) is 13.8 Å². The molecular weight excluding hydrogens is 286 g/mol. The fourth-order valence-corrected chi connectivity index (χ4v) is 2.83. The number of hydrogen-bond acceptors (Lipinski definition) is 3. The van der Waals surface area contributed by atoms with Crippen molar-refractivity contribution in [2.24, 2.45) is 0 Å². The summed E-state index contributed by atoms with van der Waals surface area (Å²) in [6, 6.07) is 6.26. The summed E-state index contributed by atoms with van der Waals surface area (Å²) in [7, 11) is -3.94. The van der Waals surface area contributed by atoms with Crippen LogP contribution in [0, 0.1) is 13.8 Å². The van der Waals surface area contributed by atoms with E-state index in [1.54, 1.807) is 18.2 Å². The van der Waals surface area contributed by atoms with Gasteiger partial charge < -0.3 is 0 Å². The summed E-state index contributed by atoms with van der Waals surface area (Å²) in [6.07, 6.45) is 1.64. The molecule has 0 saturated heterocycles. The van der Waals surface area contributed by atoms with E-state index in [-0.39, 0.29) is 4.90 Å². The Morgan fingerprint density at radius 3 is 1.95 bits per heavy atom. The first-order valence-electron chi connectivity index (χ1n) is 6.31. The molecule has 0 spiro atoms. The van der Waals surface area contributed by atoms with Gasteiger partial charge in [0, 0.05) is 0 Å². The van der Waals surface area contributed by atoms with Crippen molar-refractivity contribution in [2.45, 2.75) is 18.7 Å². The molecule has 2 rings (SSSR count). The monoisotopic (exact) mass is 303 g/mol. The molecule has 0 aliphatic carbocycles. The van der Waals surface area contributed by atoms with Crippen LogP contribution in [0.3, 0.4) is 0 Å². The maximum atomic E-state index is 12.3. The quantitative estimate of drug-likeness (QED) is 0.857. The van der Waals surface area contributed by atoms with Gasteiger partial charge in [-0.2, -0.15) is 13.1 Å². The third kappa shape index (κ3) is 2.64. The third-order valence-electron chi connectivity index (χ3n) is 3.50. The minimum absolute atomic E-state index is 0.0657. The van der Waals surface area contributed by atoms with E-state index < -0.39 is 10.1 Å². The Bertz CT molecular complexity index is 857. The average Bonchev–Trinajstić information content (AvgIpc) is 2.65. The van der Waals surface area contributed by atoms with Gasteiger partial charge in [-0.3, -0.25) is 4.28 Å². The summed E-state index contributed by atoms with van der Waals surface area (Å²) in [5.41, 5.74) is 2.55. The van der Waals surface area contributed by atoms with Gasteiger partial charge >= 0.3 is 10.1 Å². The van der Waals surface area contributed by atoms with Crippen LogP contribution in [0.5, 0.6) is 0 Å². The van der Waals surface area contributed by atoms with Crippen molar-refractivity contribution in [1.82, 2.24) is 4.73 Å². The predicted octanol–water partition coefficient (Wildman–Crippen LogP) is 1.39. The van der Waals surface area contributed by atoms with E-state index in [4.69, 9.17) is 4.28 Å². The van der Waals surface area contributed by atoms with Crippen molar-refractivity contribution in [3.63, 3.8) is 0 Å². The summed E-state index contributed by atoms with van der Waals surface area (Å²) in [5, 5.41) is 0.951. The smallest absolute Gasteiger partial charge is 0.283 e. The molecule has 0 saturated carbocycles. The van der Waals surface area contributed by atoms with Gasteiger partial charge in [0.1, 0.15) is 4.90 Å². The van der Waals surface area contributed by atoms with Gasteiger partial charge in [-0.25, -0.2) is 0 Å². The molecule has 0 N–H and O–H groups in total. The molecule has 1 heterocycles. The molecular formula is C16H17NO3S. The Hall–Kier alpha value is -2.27. The predicted molar refractivity (Wildman–Crippen MR) is 84.5 cm³/mol. The Labute approximate surface area is 124 Å². The van der Waals surface area contributed by atoms with Crippen molar-refractivity contribution >= 4 is 29.4 Å². The number of benzene rings is 1. The van der Waals surface area contributed by atoms with Crippen LogP contribution in [0.4, 0.5) is 0 Å². The van der Waals surface area contributed by atoms with Crippen molar-refractivity contribution in [3.05, 3.63) is 58.2 Å². The molecule has 5 heteroatoms. The van der Waals surface area contributed by atoms with Crippen LogP contribution in [0.2, 0.25) is 0 Å². The first-order valence-corrected chi connectivity index (χ1v) is 7.72. The molecule has 2 aromatic rings. The molecule has 4 nitrogen and oxygen atoms in total. The Morgan fingerprint density at radius 2 is 1.52 bits per heavy atom. The zero-order valence-corrected chi connectivity index (χ0v) is 12.9. The lowest BCUT2D eigenvalue weighted by atomic mass is 10.2. The fraction of sp³-hybridized carbons (Fsp3) is 0.125. The number of hydrogen-bond donors (Lipinski definition) is 0. The van der Waals surface area contributed by atoms with Gasteiger partial charge in [0.05, 0.1) is 10.7 Å². The molecule has 0 bridgehead atoms. The van der Waals surface area contributed by atoms with Crippen LogP contribution in [-0.2, 0) is 10.1 Å². The summed E-state index contributed by atoms with van der Waals surface area (Å²) in [4.78, 5) is 0.0657. The van der Waals surface area contributed by atoms with E-state index in [1.165, 1.54) is 12.1 Å². The molecule has 0 fully saturated rings. The second-order valence-electron chi connectivity index (χ2n) is 4.74. The van der Waals surface area contributed by atoms with Crippen LogP contribution in [-0.4, -0.2) is 13.1 Å². The number of aromatic nitrogens is 1.